The second-order valence-corrected chi connectivity index (χ2v) is 6.82. The lowest BCUT2D eigenvalue weighted by Gasteiger charge is -2.31. The van der Waals surface area contributed by atoms with Crippen molar-refractivity contribution in [2.45, 2.75) is 39.7 Å². The van der Waals surface area contributed by atoms with Crippen molar-refractivity contribution in [1.29, 1.82) is 0 Å². The van der Waals surface area contributed by atoms with E-state index in [0.717, 1.165) is 12.8 Å². The van der Waals surface area contributed by atoms with Crippen LogP contribution in [0.5, 0.6) is 0 Å². The van der Waals surface area contributed by atoms with E-state index in [9.17, 15) is 13.2 Å². The van der Waals surface area contributed by atoms with E-state index in [1.54, 1.807) is 6.92 Å². The molecule has 2 N–H and O–H groups in total. The Morgan fingerprint density at radius 3 is 2.28 bits per heavy atom. The standard InChI is InChI=1S/C11H22N2O4S/c1-8-4-6-13(7-5-8)18(16,17)12-10(3)9(2)11(14)15/h8-10,12H,4-7H2,1-3H3,(H,14,15). The van der Waals surface area contributed by atoms with Crippen LogP contribution in [0.1, 0.15) is 33.6 Å². The molecule has 0 aromatic heterocycles. The molecule has 0 saturated carbocycles. The Hall–Kier alpha value is -0.660. The Kier molecular flexibility index (Phi) is 5.12. The predicted octanol–water partition coefficient (Wildman–Crippen LogP) is 0.662. The van der Waals surface area contributed by atoms with Crippen LogP contribution in [0.3, 0.4) is 0 Å². The van der Waals surface area contributed by atoms with Crippen molar-refractivity contribution in [2.24, 2.45) is 11.8 Å². The summed E-state index contributed by atoms with van der Waals surface area (Å²) < 4.78 is 27.9. The van der Waals surface area contributed by atoms with Crippen molar-refractivity contribution in [2.75, 3.05) is 13.1 Å². The normalized spacial score (nSPS) is 22.6. The van der Waals surface area contributed by atoms with E-state index in [0.29, 0.717) is 19.0 Å². The van der Waals surface area contributed by atoms with Crippen molar-refractivity contribution >= 4 is 16.2 Å². The second-order valence-electron chi connectivity index (χ2n) is 5.12. The summed E-state index contributed by atoms with van der Waals surface area (Å²) in [6, 6.07) is -0.619. The zero-order chi connectivity index (χ0) is 13.9. The molecular formula is C11H22N2O4S. The quantitative estimate of drug-likeness (QED) is 0.773. The zero-order valence-corrected chi connectivity index (χ0v) is 11.9. The predicted molar refractivity (Wildman–Crippen MR) is 68.3 cm³/mol. The highest BCUT2D eigenvalue weighted by atomic mass is 32.2. The van der Waals surface area contributed by atoms with Gasteiger partial charge in [-0.1, -0.05) is 13.8 Å². The van der Waals surface area contributed by atoms with E-state index in [1.807, 2.05) is 0 Å². The molecule has 7 heteroatoms. The molecule has 0 spiro atoms. The molecule has 0 amide bonds. The highest BCUT2D eigenvalue weighted by Crippen LogP contribution is 2.18. The minimum absolute atomic E-state index is 0.505. The summed E-state index contributed by atoms with van der Waals surface area (Å²) in [7, 11) is -3.56. The Bertz CT molecular complexity index is 388. The number of nitrogens with zero attached hydrogens (tertiary/aromatic N) is 1. The minimum Gasteiger partial charge on any atom is -0.481 e. The first kappa shape index (κ1) is 15.4. The molecule has 1 heterocycles. The van der Waals surface area contributed by atoms with Gasteiger partial charge in [-0.25, -0.2) is 0 Å². The van der Waals surface area contributed by atoms with Gasteiger partial charge in [0, 0.05) is 19.1 Å². The van der Waals surface area contributed by atoms with Crippen molar-refractivity contribution in [3.8, 4) is 0 Å². The van der Waals surface area contributed by atoms with Gasteiger partial charge >= 0.3 is 5.97 Å². The maximum atomic E-state index is 12.1. The van der Waals surface area contributed by atoms with Crippen LogP contribution in [0.15, 0.2) is 0 Å². The SMILES string of the molecule is CC1CCN(S(=O)(=O)NC(C)C(C)C(=O)O)CC1. The van der Waals surface area contributed by atoms with E-state index < -0.39 is 28.1 Å². The highest BCUT2D eigenvalue weighted by Gasteiger charge is 2.30. The van der Waals surface area contributed by atoms with Crippen LogP contribution in [-0.2, 0) is 15.0 Å². The summed E-state index contributed by atoms with van der Waals surface area (Å²) >= 11 is 0. The number of carbonyl (C=O) groups is 1. The van der Waals surface area contributed by atoms with Gasteiger partial charge in [0.2, 0.25) is 0 Å². The summed E-state index contributed by atoms with van der Waals surface area (Å²) in [6.07, 6.45) is 1.70. The van der Waals surface area contributed by atoms with Crippen LogP contribution < -0.4 is 4.72 Å². The third kappa shape index (κ3) is 3.93. The largest absolute Gasteiger partial charge is 0.481 e. The van der Waals surface area contributed by atoms with Gasteiger partial charge in [0.25, 0.3) is 10.2 Å². The molecule has 0 radical (unpaired) electrons. The van der Waals surface area contributed by atoms with Crippen molar-refractivity contribution < 1.29 is 18.3 Å². The van der Waals surface area contributed by atoms with E-state index in [-0.39, 0.29) is 0 Å². The van der Waals surface area contributed by atoms with E-state index in [1.165, 1.54) is 11.2 Å². The molecule has 18 heavy (non-hydrogen) atoms. The number of rotatable bonds is 5. The molecule has 1 saturated heterocycles. The van der Waals surface area contributed by atoms with Crippen LogP contribution in [0.25, 0.3) is 0 Å². The first-order valence-electron chi connectivity index (χ1n) is 6.24. The van der Waals surface area contributed by atoms with Gasteiger partial charge in [0.05, 0.1) is 5.92 Å². The lowest BCUT2D eigenvalue weighted by molar-refractivity contribution is -0.141. The molecule has 0 aliphatic carbocycles. The topological polar surface area (TPSA) is 86.7 Å². The van der Waals surface area contributed by atoms with Gasteiger partial charge in [-0.2, -0.15) is 17.4 Å². The Morgan fingerprint density at radius 1 is 1.33 bits per heavy atom. The Balaban J connectivity index is 2.62. The fourth-order valence-corrected chi connectivity index (χ4v) is 3.37. The van der Waals surface area contributed by atoms with E-state index >= 15 is 0 Å². The number of carboxylic acids is 1. The molecule has 0 bridgehead atoms. The number of hydrogen-bond donors (Lipinski definition) is 2. The van der Waals surface area contributed by atoms with Crippen LogP contribution in [0, 0.1) is 11.8 Å². The third-order valence-electron chi connectivity index (χ3n) is 3.56. The molecule has 1 aliphatic rings. The van der Waals surface area contributed by atoms with E-state index in [2.05, 4.69) is 11.6 Å². The van der Waals surface area contributed by atoms with Gasteiger partial charge in [-0.15, -0.1) is 0 Å². The molecule has 1 aliphatic heterocycles. The maximum absolute atomic E-state index is 12.1. The minimum atomic E-state index is -3.56. The molecule has 106 valence electrons. The summed E-state index contributed by atoms with van der Waals surface area (Å²) in [6.45, 7) is 6.18. The van der Waals surface area contributed by atoms with Gasteiger partial charge < -0.3 is 5.11 Å². The summed E-state index contributed by atoms with van der Waals surface area (Å²) in [5.41, 5.74) is 0. The molecule has 1 fully saturated rings. The fourth-order valence-electron chi connectivity index (χ4n) is 1.85. The lowest BCUT2D eigenvalue weighted by atomic mass is 10.0. The Labute approximate surface area is 109 Å². The molecule has 1 rings (SSSR count). The third-order valence-corrected chi connectivity index (χ3v) is 5.27. The Morgan fingerprint density at radius 2 is 1.83 bits per heavy atom. The number of aliphatic carboxylic acids is 1. The molecular weight excluding hydrogens is 256 g/mol. The summed E-state index contributed by atoms with van der Waals surface area (Å²) in [5.74, 6) is -1.20. The highest BCUT2D eigenvalue weighted by molar-refractivity contribution is 7.87. The fraction of sp³-hybridized carbons (Fsp3) is 0.909. The number of hydrogen-bond acceptors (Lipinski definition) is 3. The molecule has 6 nitrogen and oxygen atoms in total. The van der Waals surface area contributed by atoms with Gasteiger partial charge in [0.15, 0.2) is 0 Å². The molecule has 2 unspecified atom stereocenters. The van der Waals surface area contributed by atoms with Crippen LogP contribution >= 0.6 is 0 Å². The van der Waals surface area contributed by atoms with Crippen molar-refractivity contribution in [3.05, 3.63) is 0 Å². The smallest absolute Gasteiger partial charge is 0.307 e. The lowest BCUT2D eigenvalue weighted by Crippen LogP contribution is -2.49. The first-order valence-corrected chi connectivity index (χ1v) is 7.68. The van der Waals surface area contributed by atoms with Gasteiger partial charge in [-0.3, -0.25) is 4.79 Å². The number of piperidine rings is 1. The average Bonchev–Trinajstić information content (AvgIpc) is 2.27. The van der Waals surface area contributed by atoms with Crippen LogP contribution in [-0.4, -0.2) is 42.9 Å². The second kappa shape index (κ2) is 5.99. The van der Waals surface area contributed by atoms with Crippen LogP contribution in [0.4, 0.5) is 0 Å². The molecule has 0 aromatic rings. The average molecular weight is 278 g/mol. The number of nitrogens with one attached hydrogen (secondary N) is 1. The monoisotopic (exact) mass is 278 g/mol. The van der Waals surface area contributed by atoms with Crippen LogP contribution in [0.2, 0.25) is 0 Å². The zero-order valence-electron chi connectivity index (χ0n) is 11.1. The molecule has 2 atom stereocenters. The molecule has 0 aromatic carbocycles. The van der Waals surface area contributed by atoms with Crippen molar-refractivity contribution in [1.82, 2.24) is 9.03 Å². The maximum Gasteiger partial charge on any atom is 0.307 e. The van der Waals surface area contributed by atoms with Gasteiger partial charge in [0.1, 0.15) is 0 Å². The summed E-state index contributed by atoms with van der Waals surface area (Å²) in [5, 5.41) is 8.85. The summed E-state index contributed by atoms with van der Waals surface area (Å²) in [4.78, 5) is 10.8. The van der Waals surface area contributed by atoms with Crippen molar-refractivity contribution in [3.63, 3.8) is 0 Å². The van der Waals surface area contributed by atoms with E-state index in [4.69, 9.17) is 5.11 Å². The van der Waals surface area contributed by atoms with Gasteiger partial charge in [-0.05, 0) is 25.7 Å². The number of carboxylic acid groups (broad SMARTS) is 1. The first-order chi connectivity index (χ1) is 8.24.